The van der Waals surface area contributed by atoms with Crippen LogP contribution >= 0.6 is 20.4 Å². The zero-order valence-corrected chi connectivity index (χ0v) is 13.8. The minimum Gasteiger partial charge on any atom is 2.00 e. The average molecular weight is 501 g/mol. The molecule has 0 atom stereocenters. The summed E-state index contributed by atoms with van der Waals surface area (Å²) < 4.78 is 68.2. The van der Waals surface area contributed by atoms with Gasteiger partial charge in [-0.2, -0.15) is 0 Å². The molecule has 0 spiro atoms. The molecule has 0 aromatic rings. The molecule has 0 amide bonds. The van der Waals surface area contributed by atoms with Crippen molar-refractivity contribution in [1.82, 2.24) is 0 Å². The third kappa shape index (κ3) is 2040. The van der Waals surface area contributed by atoms with E-state index in [1.807, 2.05) is 0 Å². The van der Waals surface area contributed by atoms with Gasteiger partial charge in [0.2, 0.25) is 0 Å². The third-order valence-electron chi connectivity index (χ3n) is 0. The van der Waals surface area contributed by atoms with Crippen molar-refractivity contribution in [2.75, 3.05) is 0 Å². The molecule has 0 heterocycles. The molecule has 0 bridgehead atoms. The molecule has 0 rings (SSSR count). The molecule has 128 valence electrons. The van der Waals surface area contributed by atoms with Crippen LogP contribution in [0.1, 0.15) is 0 Å². The van der Waals surface area contributed by atoms with Gasteiger partial charge in [-0.1, -0.05) is 0 Å². The van der Waals surface area contributed by atoms with Gasteiger partial charge in [-0.25, -0.2) is 0 Å². The van der Waals surface area contributed by atoms with Crippen LogP contribution in [0.15, 0.2) is 0 Å². The Kier molecular flexibility index (Phi) is 43.1. The van der Waals surface area contributed by atoms with Crippen molar-refractivity contribution in [3.05, 3.63) is 0 Å². The van der Waals surface area contributed by atoms with Crippen LogP contribution in [0.4, 0.5) is 0 Å². The number of hydrogen-bond acceptors (Lipinski definition) is 11. The van der Waals surface area contributed by atoms with Crippen molar-refractivity contribution >= 4 is 48.5 Å². The molecule has 11 nitrogen and oxygen atoms in total. The largest absolute Gasteiger partial charge is 2.00 e. The second kappa shape index (κ2) is 22.0. The van der Waals surface area contributed by atoms with Gasteiger partial charge in [0.15, 0.2) is 0 Å². The Hall–Kier alpha value is 1.75. The van der Waals surface area contributed by atoms with E-state index in [2.05, 4.69) is 0 Å². The van der Waals surface area contributed by atoms with Crippen LogP contribution in [-0.4, -0.2) is 57.4 Å². The topological polar surface area (TPSA) is 221 Å². The Morgan fingerprint density at radius 1 is 0.789 bits per heavy atom. The normalized spacial score (nSPS) is 8.68. The number of hydrogen-bond donors (Lipinski definition) is 3. The Balaban J connectivity index is -0.0000000291. The van der Waals surface area contributed by atoms with E-state index in [0.717, 1.165) is 0 Å². The molecule has 0 radical (unpaired) electrons. The molecule has 0 aromatic heterocycles. The maximum atomic E-state index is 8.52. The molecule has 0 unspecified atom stereocenters. The Bertz CT molecular complexity index is 277. The van der Waals surface area contributed by atoms with Crippen molar-refractivity contribution in [3.63, 3.8) is 0 Å². The molecular weight excluding hydrogens is 498 g/mol. The smallest absolute Gasteiger partial charge is 2.00 e. The monoisotopic (exact) mass is 498 g/mol. The van der Waals surface area contributed by atoms with Gasteiger partial charge in [0.25, 0.3) is 0 Å². The van der Waals surface area contributed by atoms with Crippen LogP contribution in [0.3, 0.4) is 0 Å². The standard InChI is InChI=1S/BH3O3.2ClH.3Ni.2H2O4S/c2-1(3)4;;;;;;2*1-5(2,3)4/h2-4H;2*1H;;;;2*(H2,1,2,3,4)/q;;;3*+2;;/p-6. The van der Waals surface area contributed by atoms with E-state index >= 15 is 0 Å². The molecule has 0 aliphatic heterocycles. The fourth-order valence-corrected chi connectivity index (χ4v) is 0. The molecule has 19 heteroatoms. The fraction of sp³-hybridized carbons (Fsp3) is 0. The van der Waals surface area contributed by atoms with Crippen molar-refractivity contribution < 1.29 is 95.8 Å². The van der Waals surface area contributed by atoms with Gasteiger partial charge >= 0.3 is 73.3 Å². The predicted octanol–water partition coefficient (Wildman–Crippen LogP) is -3.36. The maximum Gasteiger partial charge on any atom is 2.00 e. The fourth-order valence-electron chi connectivity index (χ4n) is 0. The number of rotatable bonds is 0. The van der Waals surface area contributed by atoms with E-state index in [1.165, 1.54) is 0 Å². The van der Waals surface area contributed by atoms with E-state index in [9.17, 15) is 0 Å². The van der Waals surface area contributed by atoms with Crippen LogP contribution < -0.4 is 0 Å². The van der Waals surface area contributed by atoms with Crippen molar-refractivity contribution in [2.24, 2.45) is 0 Å². The molecule has 0 saturated carbocycles. The zero-order valence-electron chi connectivity index (χ0n) is 7.71. The summed E-state index contributed by atoms with van der Waals surface area (Å²) in [4.78, 5) is 0. The van der Waals surface area contributed by atoms with Gasteiger partial charge in [-0.05, 0) is 0 Å². The van der Waals surface area contributed by atoms with E-state index in [1.54, 1.807) is 0 Å². The molecule has 0 saturated heterocycles. The Morgan fingerprint density at radius 3 is 0.789 bits per heavy atom. The van der Waals surface area contributed by atoms with Gasteiger partial charge in [0.1, 0.15) is 0 Å². The molecule has 0 fully saturated rings. The number of halogens is 2. The van der Waals surface area contributed by atoms with Crippen LogP contribution in [0.5, 0.6) is 0 Å². The minimum atomic E-state index is -5.17. The van der Waals surface area contributed by atoms with E-state index in [-0.39, 0.29) is 33.0 Å². The summed E-state index contributed by atoms with van der Waals surface area (Å²) >= 11 is 0.569. The first-order valence-corrected chi connectivity index (χ1v) is 7.73. The molecule has 0 aliphatic carbocycles. The van der Waals surface area contributed by atoms with Crippen molar-refractivity contribution in [2.45, 2.75) is 0 Å². The van der Waals surface area contributed by atoms with E-state index in [4.69, 9.17) is 70.5 Å². The summed E-state index contributed by atoms with van der Waals surface area (Å²) in [6.45, 7) is 0. The van der Waals surface area contributed by atoms with Crippen molar-refractivity contribution in [1.29, 1.82) is 0 Å². The predicted molar refractivity (Wildman–Crippen MR) is 45.1 cm³/mol. The molecular formula is H3BCl2Ni3O11S2. The quantitative estimate of drug-likeness (QED) is 0.169. The average Bonchev–Trinajstić information content (AvgIpc) is 1.74. The summed E-state index contributed by atoms with van der Waals surface area (Å²) in [6.07, 6.45) is 0. The first-order valence-electron chi connectivity index (χ1n) is 2.35. The summed E-state index contributed by atoms with van der Waals surface area (Å²) in [5.74, 6) is 0. The summed E-state index contributed by atoms with van der Waals surface area (Å²) in [5, 5.41) is 21.5. The molecule has 3 N–H and O–H groups in total. The summed E-state index contributed by atoms with van der Waals surface area (Å²) in [7, 11) is -3.10. The molecule has 0 aromatic carbocycles. The third-order valence-corrected chi connectivity index (χ3v) is 0. The Morgan fingerprint density at radius 2 is 0.789 bits per heavy atom. The second-order valence-electron chi connectivity index (χ2n) is 1.21. The molecule has 19 heavy (non-hydrogen) atoms. The molecule has 0 aliphatic rings. The first kappa shape index (κ1) is 37.2. The van der Waals surface area contributed by atoms with Crippen molar-refractivity contribution in [3.8, 4) is 0 Å². The van der Waals surface area contributed by atoms with E-state index in [0.29, 0.717) is 12.7 Å². The van der Waals surface area contributed by atoms with Gasteiger partial charge < -0.3 is 33.3 Å². The van der Waals surface area contributed by atoms with Crippen LogP contribution in [-0.2, 0) is 66.4 Å². The zero-order chi connectivity index (χ0) is 15.3. The van der Waals surface area contributed by atoms with Crippen LogP contribution in [0.2, 0.25) is 0 Å². The summed E-state index contributed by atoms with van der Waals surface area (Å²) in [5.41, 5.74) is 0. The van der Waals surface area contributed by atoms with Gasteiger partial charge in [0.05, 0.1) is 0 Å². The second-order valence-corrected chi connectivity index (χ2v) is 4.47. The van der Waals surface area contributed by atoms with Gasteiger partial charge in [-0.3, -0.25) is 16.8 Å². The van der Waals surface area contributed by atoms with E-state index < -0.39 is 28.1 Å². The maximum absolute atomic E-state index is 8.52. The van der Waals surface area contributed by atoms with Gasteiger partial charge in [-0.15, -0.1) is 0 Å². The Labute approximate surface area is 143 Å². The van der Waals surface area contributed by atoms with Gasteiger partial charge in [0, 0.05) is 20.8 Å². The first-order chi connectivity index (χ1) is 7.15. The SMILES string of the molecule is O=S(=O)([O-])[O-].O=S(=O)([O-])[O-].OB(O)O.[Cl][Ni][Cl].[Ni+2].[Ni+2]. The van der Waals surface area contributed by atoms with Crippen LogP contribution in [0, 0.1) is 0 Å². The van der Waals surface area contributed by atoms with Crippen LogP contribution in [0.25, 0.3) is 0 Å². The minimum absolute atomic E-state index is 0. The summed E-state index contributed by atoms with van der Waals surface area (Å²) in [6, 6.07) is 0.